The van der Waals surface area contributed by atoms with Crippen LogP contribution in [-0.2, 0) is 9.53 Å². The highest BCUT2D eigenvalue weighted by Gasteiger charge is 2.28. The number of carboxylic acids is 1. The number of benzene rings is 1. The van der Waals surface area contributed by atoms with E-state index in [0.29, 0.717) is 25.6 Å². The predicted octanol–water partition coefficient (Wildman–Crippen LogP) is 2.20. The number of aliphatic carboxylic acids is 1. The zero-order valence-electron chi connectivity index (χ0n) is 9.35. The summed E-state index contributed by atoms with van der Waals surface area (Å²) in [7, 11) is 0. The van der Waals surface area contributed by atoms with Crippen molar-refractivity contribution >= 4 is 5.97 Å². The maximum Gasteiger partial charge on any atom is 0.310 e. The Morgan fingerprint density at radius 2 is 2.06 bits per heavy atom. The molecule has 3 nitrogen and oxygen atoms in total. The van der Waals surface area contributed by atoms with Crippen molar-refractivity contribution in [3.8, 4) is 0 Å². The van der Waals surface area contributed by atoms with E-state index in [-0.39, 0.29) is 0 Å². The molecule has 0 spiro atoms. The van der Waals surface area contributed by atoms with Crippen LogP contribution < -0.4 is 0 Å². The van der Waals surface area contributed by atoms with E-state index in [9.17, 15) is 9.90 Å². The molecule has 0 aromatic heterocycles. The van der Waals surface area contributed by atoms with Gasteiger partial charge in [0, 0.05) is 5.92 Å². The van der Waals surface area contributed by atoms with Gasteiger partial charge >= 0.3 is 5.97 Å². The highest BCUT2D eigenvalue weighted by Crippen LogP contribution is 2.28. The highest BCUT2D eigenvalue weighted by molar-refractivity contribution is 5.76. The van der Waals surface area contributed by atoms with Crippen LogP contribution in [0, 0.1) is 12.8 Å². The zero-order valence-corrected chi connectivity index (χ0v) is 9.35. The minimum Gasteiger partial charge on any atom is -0.481 e. The summed E-state index contributed by atoms with van der Waals surface area (Å²) in [6.45, 7) is 3.41. The van der Waals surface area contributed by atoms with Gasteiger partial charge in [-0.1, -0.05) is 29.8 Å². The van der Waals surface area contributed by atoms with Gasteiger partial charge in [0.25, 0.3) is 0 Å². The Morgan fingerprint density at radius 1 is 1.44 bits per heavy atom. The van der Waals surface area contributed by atoms with Crippen LogP contribution in [0.3, 0.4) is 0 Å². The number of carboxylic acid groups (broad SMARTS) is 1. The first kappa shape index (κ1) is 11.1. The van der Waals surface area contributed by atoms with Crippen LogP contribution in [0.15, 0.2) is 24.3 Å². The molecule has 1 saturated heterocycles. The van der Waals surface area contributed by atoms with Gasteiger partial charge in [-0.25, -0.2) is 0 Å². The van der Waals surface area contributed by atoms with Crippen molar-refractivity contribution in [1.82, 2.24) is 0 Å². The topological polar surface area (TPSA) is 46.5 Å². The molecule has 0 aliphatic carbocycles. The van der Waals surface area contributed by atoms with Crippen LogP contribution in [0.5, 0.6) is 0 Å². The van der Waals surface area contributed by atoms with Crippen LogP contribution >= 0.6 is 0 Å². The second kappa shape index (κ2) is 4.66. The molecule has 0 bridgehead atoms. The van der Waals surface area contributed by atoms with Gasteiger partial charge in [0.2, 0.25) is 0 Å². The molecule has 1 fully saturated rings. The van der Waals surface area contributed by atoms with E-state index in [4.69, 9.17) is 4.74 Å². The van der Waals surface area contributed by atoms with E-state index < -0.39 is 11.9 Å². The van der Waals surface area contributed by atoms with Crippen LogP contribution in [0.1, 0.15) is 23.5 Å². The summed E-state index contributed by atoms with van der Waals surface area (Å²) in [6, 6.07) is 7.74. The molecule has 16 heavy (non-hydrogen) atoms. The fraction of sp³-hybridized carbons (Fsp3) is 0.462. The normalized spacial score (nSPS) is 17.8. The largest absolute Gasteiger partial charge is 0.481 e. The number of carbonyl (C=O) groups is 1. The Hall–Kier alpha value is -1.35. The molecule has 1 unspecified atom stereocenters. The van der Waals surface area contributed by atoms with Crippen molar-refractivity contribution < 1.29 is 14.6 Å². The molecular formula is C13H16O3. The lowest BCUT2D eigenvalue weighted by Crippen LogP contribution is -2.30. The van der Waals surface area contributed by atoms with Crippen molar-refractivity contribution in [2.75, 3.05) is 13.2 Å². The summed E-state index contributed by atoms with van der Waals surface area (Å²) >= 11 is 0. The van der Waals surface area contributed by atoms with E-state index in [1.54, 1.807) is 0 Å². The number of ether oxygens (including phenoxy) is 1. The Labute approximate surface area is 95.0 Å². The molecule has 1 aromatic carbocycles. The minimum absolute atomic E-state index is 0.394. The molecule has 0 radical (unpaired) electrons. The summed E-state index contributed by atoms with van der Waals surface area (Å²) in [4.78, 5) is 11.2. The van der Waals surface area contributed by atoms with Gasteiger partial charge in [-0.05, 0) is 18.9 Å². The van der Waals surface area contributed by atoms with E-state index in [1.807, 2.05) is 31.2 Å². The quantitative estimate of drug-likeness (QED) is 0.846. The van der Waals surface area contributed by atoms with E-state index in [0.717, 1.165) is 11.1 Å². The fourth-order valence-electron chi connectivity index (χ4n) is 1.93. The lowest BCUT2D eigenvalue weighted by Gasteiger charge is -2.28. The van der Waals surface area contributed by atoms with E-state index in [1.165, 1.54) is 0 Å². The highest BCUT2D eigenvalue weighted by atomic mass is 16.5. The Kier molecular flexibility index (Phi) is 3.25. The second-order valence-electron chi connectivity index (χ2n) is 4.44. The van der Waals surface area contributed by atoms with Gasteiger partial charge in [-0.3, -0.25) is 4.79 Å². The van der Waals surface area contributed by atoms with Gasteiger partial charge in [0.05, 0.1) is 19.1 Å². The molecule has 1 N–H and O–H groups in total. The number of aryl methyl sites for hydroxylation is 1. The third-order valence-electron chi connectivity index (χ3n) is 3.05. The number of rotatable bonds is 4. The third kappa shape index (κ3) is 2.42. The molecule has 0 amide bonds. The second-order valence-corrected chi connectivity index (χ2v) is 4.44. The van der Waals surface area contributed by atoms with Crippen molar-refractivity contribution in [3.05, 3.63) is 35.4 Å². The Morgan fingerprint density at radius 3 is 2.50 bits per heavy atom. The smallest absolute Gasteiger partial charge is 0.310 e. The van der Waals surface area contributed by atoms with Crippen molar-refractivity contribution in [1.29, 1.82) is 0 Å². The summed E-state index contributed by atoms with van der Waals surface area (Å²) in [5.74, 6) is -0.729. The van der Waals surface area contributed by atoms with Crippen LogP contribution in [0.25, 0.3) is 0 Å². The summed E-state index contributed by atoms with van der Waals surface area (Å²) in [5, 5.41) is 9.22. The SMILES string of the molecule is Cc1ccc(C(CC2COC2)C(=O)O)cc1. The van der Waals surface area contributed by atoms with Crippen molar-refractivity contribution in [2.45, 2.75) is 19.3 Å². The molecule has 1 heterocycles. The van der Waals surface area contributed by atoms with Gasteiger partial charge < -0.3 is 9.84 Å². The summed E-state index contributed by atoms with van der Waals surface area (Å²) in [6.07, 6.45) is 0.679. The molecule has 2 rings (SSSR count). The van der Waals surface area contributed by atoms with Gasteiger partial charge in [-0.2, -0.15) is 0 Å². The molecule has 0 saturated carbocycles. The molecule has 1 aromatic rings. The standard InChI is InChI=1S/C13H16O3/c1-9-2-4-11(5-3-9)12(13(14)15)6-10-7-16-8-10/h2-5,10,12H,6-8H2,1H3,(H,14,15). The minimum atomic E-state index is -0.740. The van der Waals surface area contributed by atoms with Crippen LogP contribution in [0.4, 0.5) is 0 Å². The fourth-order valence-corrected chi connectivity index (χ4v) is 1.93. The lowest BCUT2D eigenvalue weighted by molar-refractivity contribution is -0.140. The molecule has 1 aliphatic rings. The first-order valence-electron chi connectivity index (χ1n) is 5.54. The first-order chi connectivity index (χ1) is 7.66. The lowest BCUT2D eigenvalue weighted by atomic mass is 9.87. The van der Waals surface area contributed by atoms with Gasteiger partial charge in [0.15, 0.2) is 0 Å². The van der Waals surface area contributed by atoms with Crippen molar-refractivity contribution in [3.63, 3.8) is 0 Å². The maximum atomic E-state index is 11.2. The summed E-state index contributed by atoms with van der Waals surface area (Å²) < 4.78 is 5.08. The molecule has 1 atom stereocenters. The summed E-state index contributed by atoms with van der Waals surface area (Å²) in [5.41, 5.74) is 2.05. The third-order valence-corrected chi connectivity index (χ3v) is 3.05. The maximum absolute atomic E-state index is 11.2. The van der Waals surface area contributed by atoms with Crippen LogP contribution in [0.2, 0.25) is 0 Å². The van der Waals surface area contributed by atoms with E-state index >= 15 is 0 Å². The Bertz CT molecular complexity index is 365. The number of hydrogen-bond acceptors (Lipinski definition) is 2. The zero-order chi connectivity index (χ0) is 11.5. The molecule has 1 aliphatic heterocycles. The molecular weight excluding hydrogens is 204 g/mol. The number of hydrogen-bond donors (Lipinski definition) is 1. The average Bonchev–Trinajstić information content (AvgIpc) is 2.18. The molecule has 86 valence electrons. The van der Waals surface area contributed by atoms with Gasteiger partial charge in [-0.15, -0.1) is 0 Å². The Balaban J connectivity index is 2.11. The van der Waals surface area contributed by atoms with Gasteiger partial charge in [0.1, 0.15) is 0 Å². The van der Waals surface area contributed by atoms with Crippen molar-refractivity contribution in [2.24, 2.45) is 5.92 Å². The van der Waals surface area contributed by atoms with E-state index in [2.05, 4.69) is 0 Å². The average molecular weight is 220 g/mol. The predicted molar refractivity (Wildman–Crippen MR) is 60.5 cm³/mol. The molecule has 3 heteroatoms. The monoisotopic (exact) mass is 220 g/mol. The first-order valence-corrected chi connectivity index (χ1v) is 5.54. The van der Waals surface area contributed by atoms with Crippen LogP contribution in [-0.4, -0.2) is 24.3 Å².